The van der Waals surface area contributed by atoms with Crippen molar-refractivity contribution in [3.8, 4) is 0 Å². The average Bonchev–Trinajstić information content (AvgIpc) is 2.40. The summed E-state index contributed by atoms with van der Waals surface area (Å²) in [5, 5.41) is 3.24. The maximum atomic E-state index is 4.01. The normalized spacial score (nSPS) is 12.4. The molecule has 0 aliphatic heterocycles. The zero-order valence-corrected chi connectivity index (χ0v) is 10.9. The highest BCUT2D eigenvalue weighted by atomic mass is 32.2. The number of nitrogens with zero attached hydrogens (tertiary/aromatic N) is 1. The molecule has 17 heavy (non-hydrogen) atoms. The van der Waals surface area contributed by atoms with Crippen molar-refractivity contribution in [2.24, 2.45) is 0 Å². The molecule has 0 saturated carbocycles. The van der Waals surface area contributed by atoms with Crippen LogP contribution >= 0.6 is 11.8 Å². The summed E-state index contributed by atoms with van der Waals surface area (Å²) in [5.74, 6) is 0. The SMILES string of the molecule is CNC(C)c1ccc(Sc2ccncc2)cc1. The van der Waals surface area contributed by atoms with E-state index >= 15 is 0 Å². The van der Waals surface area contributed by atoms with Crippen LogP contribution in [-0.4, -0.2) is 12.0 Å². The van der Waals surface area contributed by atoms with Crippen molar-refractivity contribution in [1.29, 1.82) is 0 Å². The van der Waals surface area contributed by atoms with Crippen molar-refractivity contribution in [2.45, 2.75) is 22.8 Å². The maximum Gasteiger partial charge on any atom is 0.0289 e. The van der Waals surface area contributed by atoms with Gasteiger partial charge in [-0.15, -0.1) is 0 Å². The molecule has 1 heterocycles. The summed E-state index contributed by atoms with van der Waals surface area (Å²) in [6.45, 7) is 2.16. The molecule has 0 aliphatic rings. The maximum absolute atomic E-state index is 4.01. The van der Waals surface area contributed by atoms with E-state index in [-0.39, 0.29) is 0 Å². The van der Waals surface area contributed by atoms with Gasteiger partial charge >= 0.3 is 0 Å². The van der Waals surface area contributed by atoms with Gasteiger partial charge in [0.2, 0.25) is 0 Å². The zero-order valence-electron chi connectivity index (χ0n) is 10.1. The van der Waals surface area contributed by atoms with Gasteiger partial charge in [0.15, 0.2) is 0 Å². The molecule has 0 aliphatic carbocycles. The molecule has 1 N–H and O–H groups in total. The number of rotatable bonds is 4. The second kappa shape index (κ2) is 5.84. The number of nitrogens with one attached hydrogen (secondary N) is 1. The Morgan fingerprint density at radius 3 is 2.18 bits per heavy atom. The van der Waals surface area contributed by atoms with Crippen molar-refractivity contribution in [2.75, 3.05) is 7.05 Å². The van der Waals surface area contributed by atoms with Crippen molar-refractivity contribution in [1.82, 2.24) is 10.3 Å². The zero-order chi connectivity index (χ0) is 12.1. The molecule has 3 heteroatoms. The topological polar surface area (TPSA) is 24.9 Å². The summed E-state index contributed by atoms with van der Waals surface area (Å²) in [5.41, 5.74) is 1.31. The average molecular weight is 244 g/mol. The van der Waals surface area contributed by atoms with E-state index in [4.69, 9.17) is 0 Å². The van der Waals surface area contributed by atoms with Crippen LogP contribution in [0.3, 0.4) is 0 Å². The Morgan fingerprint density at radius 1 is 1.00 bits per heavy atom. The summed E-state index contributed by atoms with van der Waals surface area (Å²) in [4.78, 5) is 6.48. The molecule has 0 radical (unpaired) electrons. The molecule has 1 atom stereocenters. The van der Waals surface area contributed by atoms with E-state index in [0.717, 1.165) is 0 Å². The van der Waals surface area contributed by atoms with Gasteiger partial charge in [-0.1, -0.05) is 23.9 Å². The Morgan fingerprint density at radius 2 is 1.59 bits per heavy atom. The molecule has 0 spiro atoms. The van der Waals surface area contributed by atoms with Crippen molar-refractivity contribution in [3.05, 3.63) is 54.4 Å². The molecule has 2 nitrogen and oxygen atoms in total. The first-order valence-corrected chi connectivity index (χ1v) is 6.46. The molecule has 1 aromatic carbocycles. The number of aromatic nitrogens is 1. The van der Waals surface area contributed by atoms with Crippen LogP contribution < -0.4 is 5.32 Å². The first kappa shape index (κ1) is 12.1. The third-order valence-electron chi connectivity index (χ3n) is 2.70. The predicted octanol–water partition coefficient (Wildman–Crippen LogP) is 3.51. The Kier molecular flexibility index (Phi) is 4.18. The monoisotopic (exact) mass is 244 g/mol. The first-order chi connectivity index (χ1) is 8.29. The van der Waals surface area contributed by atoms with Crippen LogP contribution in [0.1, 0.15) is 18.5 Å². The smallest absolute Gasteiger partial charge is 0.0289 e. The van der Waals surface area contributed by atoms with E-state index in [0.29, 0.717) is 6.04 Å². The van der Waals surface area contributed by atoms with E-state index in [1.807, 2.05) is 31.6 Å². The summed E-state index contributed by atoms with van der Waals surface area (Å²) in [7, 11) is 1.98. The Hall–Kier alpha value is -1.32. The van der Waals surface area contributed by atoms with Gasteiger partial charge in [0, 0.05) is 28.2 Å². The lowest BCUT2D eigenvalue weighted by Gasteiger charge is -2.10. The molecule has 0 bridgehead atoms. The fourth-order valence-electron chi connectivity index (χ4n) is 1.53. The van der Waals surface area contributed by atoms with Gasteiger partial charge < -0.3 is 5.32 Å². The third kappa shape index (κ3) is 3.32. The molecule has 88 valence electrons. The van der Waals surface area contributed by atoms with Gasteiger partial charge in [0.25, 0.3) is 0 Å². The Balaban J connectivity index is 2.08. The number of pyridine rings is 1. The molecule has 2 aromatic rings. The molecular weight excluding hydrogens is 228 g/mol. The van der Waals surface area contributed by atoms with Crippen LogP contribution in [0.4, 0.5) is 0 Å². The minimum Gasteiger partial charge on any atom is -0.313 e. The molecule has 1 unspecified atom stereocenters. The molecular formula is C14H16N2S. The number of benzene rings is 1. The predicted molar refractivity (Wildman–Crippen MR) is 72.3 cm³/mol. The van der Waals surface area contributed by atoms with Crippen molar-refractivity contribution < 1.29 is 0 Å². The number of hydrogen-bond acceptors (Lipinski definition) is 3. The van der Waals surface area contributed by atoms with E-state index in [1.54, 1.807) is 11.8 Å². The molecule has 0 fully saturated rings. The highest BCUT2D eigenvalue weighted by molar-refractivity contribution is 7.99. The molecule has 0 amide bonds. The second-order valence-corrected chi connectivity index (χ2v) is 5.01. The Bertz CT molecular complexity index is 453. The first-order valence-electron chi connectivity index (χ1n) is 5.64. The van der Waals surface area contributed by atoms with Gasteiger partial charge in [-0.2, -0.15) is 0 Å². The van der Waals surface area contributed by atoms with Crippen molar-refractivity contribution in [3.63, 3.8) is 0 Å². The largest absolute Gasteiger partial charge is 0.313 e. The van der Waals surface area contributed by atoms with Crippen molar-refractivity contribution >= 4 is 11.8 Å². The van der Waals surface area contributed by atoms with Crippen LogP contribution in [0.25, 0.3) is 0 Å². The van der Waals surface area contributed by atoms with E-state index < -0.39 is 0 Å². The Labute approximate surface area is 106 Å². The lowest BCUT2D eigenvalue weighted by molar-refractivity contribution is 0.652. The lowest BCUT2D eigenvalue weighted by atomic mass is 10.1. The van der Waals surface area contributed by atoms with Crippen LogP contribution in [0.5, 0.6) is 0 Å². The van der Waals surface area contributed by atoms with Gasteiger partial charge in [-0.3, -0.25) is 4.98 Å². The van der Waals surface area contributed by atoms with E-state index in [9.17, 15) is 0 Å². The fraction of sp³-hybridized carbons (Fsp3) is 0.214. The number of hydrogen-bond donors (Lipinski definition) is 1. The van der Waals surface area contributed by atoms with Gasteiger partial charge in [0.05, 0.1) is 0 Å². The molecule has 1 aromatic heterocycles. The minimum atomic E-state index is 0.398. The highest BCUT2D eigenvalue weighted by Gasteiger charge is 2.02. The third-order valence-corrected chi connectivity index (χ3v) is 3.71. The quantitative estimate of drug-likeness (QED) is 0.891. The van der Waals surface area contributed by atoms with Gasteiger partial charge in [-0.25, -0.2) is 0 Å². The lowest BCUT2D eigenvalue weighted by Crippen LogP contribution is -2.11. The molecule has 2 rings (SSSR count). The standard InChI is InChI=1S/C14H16N2S/c1-11(15-2)12-3-5-13(6-4-12)17-14-7-9-16-10-8-14/h3-11,15H,1-2H3. The van der Waals surface area contributed by atoms with Gasteiger partial charge in [-0.05, 0) is 43.8 Å². The highest BCUT2D eigenvalue weighted by Crippen LogP contribution is 2.27. The summed E-state index contributed by atoms with van der Waals surface area (Å²) >= 11 is 1.76. The molecule has 0 saturated heterocycles. The van der Waals surface area contributed by atoms with E-state index in [1.165, 1.54) is 15.4 Å². The van der Waals surface area contributed by atoms with Crippen LogP contribution in [0, 0.1) is 0 Å². The summed E-state index contributed by atoms with van der Waals surface area (Å²) in [6.07, 6.45) is 3.64. The fourth-order valence-corrected chi connectivity index (χ4v) is 2.34. The van der Waals surface area contributed by atoms with Crippen LogP contribution in [0.2, 0.25) is 0 Å². The van der Waals surface area contributed by atoms with E-state index in [2.05, 4.69) is 41.5 Å². The minimum absolute atomic E-state index is 0.398. The summed E-state index contributed by atoms with van der Waals surface area (Å²) < 4.78 is 0. The van der Waals surface area contributed by atoms with Crippen LogP contribution in [0.15, 0.2) is 58.6 Å². The summed E-state index contributed by atoms with van der Waals surface area (Å²) in [6, 6.07) is 13.1. The second-order valence-electron chi connectivity index (χ2n) is 3.86. The van der Waals surface area contributed by atoms with Gasteiger partial charge in [0.1, 0.15) is 0 Å². The van der Waals surface area contributed by atoms with Crippen LogP contribution in [-0.2, 0) is 0 Å².